The number of benzene rings is 3. The number of amidine groups is 1. The summed E-state index contributed by atoms with van der Waals surface area (Å²) < 4.78 is 82.9. The van der Waals surface area contributed by atoms with Gasteiger partial charge in [0.2, 0.25) is 5.91 Å². The number of aromatic nitrogens is 3. The lowest BCUT2D eigenvalue weighted by Crippen LogP contribution is -2.31. The second-order valence-electron chi connectivity index (χ2n) is 9.98. The van der Waals surface area contributed by atoms with Gasteiger partial charge in [-0.05, 0) is 49.7 Å². The average Bonchev–Trinajstić information content (AvgIpc) is 3.63. The third-order valence-corrected chi connectivity index (χ3v) is 7.59. The van der Waals surface area contributed by atoms with Gasteiger partial charge in [0.15, 0.2) is 22.6 Å². The molecule has 1 fully saturated rings. The first-order chi connectivity index (χ1) is 22.3. The number of hydrogen-bond donors (Lipinski definition) is 1. The highest BCUT2D eigenvalue weighted by molar-refractivity contribution is 8.15. The van der Waals surface area contributed by atoms with Gasteiger partial charge in [0.1, 0.15) is 30.1 Å². The molecule has 0 aliphatic carbocycles. The second-order valence-corrected chi connectivity index (χ2v) is 10.9. The van der Waals surface area contributed by atoms with Gasteiger partial charge in [-0.3, -0.25) is 9.69 Å². The van der Waals surface area contributed by atoms with Crippen molar-refractivity contribution in [2.24, 2.45) is 4.99 Å². The minimum atomic E-state index is -4.83. The fourth-order valence-electron chi connectivity index (χ4n) is 4.41. The lowest BCUT2D eigenvalue weighted by Gasteiger charge is -2.23. The van der Waals surface area contributed by atoms with Crippen LogP contribution in [0.25, 0.3) is 5.69 Å². The third kappa shape index (κ3) is 8.04. The zero-order chi connectivity index (χ0) is 33.9. The number of nitrogens with zero attached hydrogens (tertiary/aromatic N) is 5. The minimum absolute atomic E-state index is 0.00587. The normalized spacial score (nSPS) is 14.9. The van der Waals surface area contributed by atoms with E-state index in [9.17, 15) is 31.5 Å². The van der Waals surface area contributed by atoms with Crippen LogP contribution in [-0.2, 0) is 16.1 Å². The number of aliphatic imine (C=N–C) groups is 1. The van der Waals surface area contributed by atoms with Crippen LogP contribution in [0.15, 0.2) is 65.9 Å². The number of methoxy groups -OCH3 is 1. The Balaban J connectivity index is 1.25. The maximum Gasteiger partial charge on any atom is 0.573 e. The molecule has 5 rings (SSSR count). The van der Waals surface area contributed by atoms with Gasteiger partial charge in [0, 0.05) is 24.8 Å². The Morgan fingerprint density at radius 2 is 1.79 bits per heavy atom. The topological polar surface area (TPSA) is 120 Å². The fourth-order valence-corrected chi connectivity index (χ4v) is 5.27. The van der Waals surface area contributed by atoms with Crippen molar-refractivity contribution in [3.05, 3.63) is 89.5 Å². The van der Waals surface area contributed by atoms with Crippen LogP contribution in [-0.4, -0.2) is 51.1 Å². The highest BCUT2D eigenvalue weighted by Gasteiger charge is 2.33. The molecular weight excluding hydrogens is 651 g/mol. The molecule has 1 aliphatic rings. The van der Waals surface area contributed by atoms with Gasteiger partial charge in [0.05, 0.1) is 23.2 Å². The molecule has 1 aromatic heterocycles. The SMILES string of the molecule is COC(C)c1ccc(C)cc1N1C(=O)CS/C1=N\C(=O)Nc1c(F)cc(OCc2ncn(-c3ccc(OC(F)(F)F)cc3)n2)cc1F. The van der Waals surface area contributed by atoms with Crippen LogP contribution in [0, 0.1) is 18.6 Å². The number of nitrogens with one attached hydrogen (secondary N) is 1. The van der Waals surface area contributed by atoms with Crippen LogP contribution in [0.2, 0.25) is 0 Å². The fraction of sp³-hybridized carbons (Fsp3) is 0.233. The Morgan fingerprint density at radius 3 is 2.45 bits per heavy atom. The Kier molecular flexibility index (Phi) is 9.76. The first-order valence-electron chi connectivity index (χ1n) is 13.7. The smallest absolute Gasteiger partial charge is 0.485 e. The lowest BCUT2D eigenvalue weighted by molar-refractivity contribution is -0.274. The molecule has 1 aliphatic heterocycles. The largest absolute Gasteiger partial charge is 0.573 e. The van der Waals surface area contributed by atoms with Crippen molar-refractivity contribution in [2.45, 2.75) is 32.9 Å². The van der Waals surface area contributed by atoms with E-state index in [0.29, 0.717) is 16.9 Å². The maximum absolute atomic E-state index is 14.9. The standard InChI is InChI=1S/C30H25F5N6O5S/c1-16-4-9-21(17(2)44-3)24(10-16)41-26(42)14-47-29(41)38-28(43)37-27-22(31)11-20(12-23(27)32)45-13-25-36-15-40(39-25)18-5-7-19(8-6-18)46-30(33,34)35/h4-12,15,17H,13-14H2,1-3H3,(H,37,43)/b38-29-. The van der Waals surface area contributed by atoms with E-state index in [-0.39, 0.29) is 41.1 Å². The zero-order valence-electron chi connectivity index (χ0n) is 24.8. The van der Waals surface area contributed by atoms with Crippen molar-refractivity contribution in [1.82, 2.24) is 14.8 Å². The second kappa shape index (κ2) is 13.8. The molecule has 0 bridgehead atoms. The molecule has 0 saturated carbocycles. The van der Waals surface area contributed by atoms with Crippen LogP contribution in [0.1, 0.15) is 30.0 Å². The number of carbonyl (C=O) groups is 2. The van der Waals surface area contributed by atoms with Crippen molar-refractivity contribution >= 4 is 40.2 Å². The number of aryl methyl sites for hydroxylation is 1. The molecule has 1 atom stereocenters. The van der Waals surface area contributed by atoms with E-state index in [1.54, 1.807) is 13.0 Å². The van der Waals surface area contributed by atoms with Gasteiger partial charge in [-0.2, -0.15) is 4.99 Å². The summed E-state index contributed by atoms with van der Waals surface area (Å²) in [6.07, 6.45) is -3.93. The van der Waals surface area contributed by atoms with Gasteiger partial charge in [0.25, 0.3) is 0 Å². The van der Waals surface area contributed by atoms with Gasteiger partial charge >= 0.3 is 12.4 Å². The number of alkyl halides is 3. The van der Waals surface area contributed by atoms with Crippen molar-refractivity contribution in [2.75, 3.05) is 23.1 Å². The molecule has 0 spiro atoms. The highest BCUT2D eigenvalue weighted by atomic mass is 32.2. The molecule has 0 radical (unpaired) electrons. The number of ether oxygens (including phenoxy) is 3. The van der Waals surface area contributed by atoms with E-state index in [1.165, 1.54) is 35.2 Å². The monoisotopic (exact) mass is 676 g/mol. The van der Waals surface area contributed by atoms with Crippen LogP contribution in [0.3, 0.4) is 0 Å². The molecular formula is C30H25F5N6O5S. The molecule has 246 valence electrons. The number of urea groups is 1. The predicted molar refractivity (Wildman–Crippen MR) is 162 cm³/mol. The quantitative estimate of drug-likeness (QED) is 0.195. The third-order valence-electron chi connectivity index (χ3n) is 6.67. The number of thioether (sulfide) groups is 1. The Labute approximate surface area is 268 Å². The molecule has 1 N–H and O–H groups in total. The van der Waals surface area contributed by atoms with Gasteiger partial charge in [-0.1, -0.05) is 23.9 Å². The molecule has 3 aromatic carbocycles. The van der Waals surface area contributed by atoms with Gasteiger partial charge in [-0.15, -0.1) is 18.3 Å². The highest BCUT2D eigenvalue weighted by Crippen LogP contribution is 2.35. The molecule has 4 aromatic rings. The predicted octanol–water partition coefficient (Wildman–Crippen LogP) is 6.71. The van der Waals surface area contributed by atoms with Crippen molar-refractivity contribution in [3.8, 4) is 17.2 Å². The summed E-state index contributed by atoms with van der Waals surface area (Å²) in [5, 5.41) is 6.24. The molecule has 47 heavy (non-hydrogen) atoms. The summed E-state index contributed by atoms with van der Waals surface area (Å²) in [5.74, 6) is -3.19. The maximum atomic E-state index is 14.9. The summed E-state index contributed by atoms with van der Waals surface area (Å²) in [7, 11) is 1.52. The minimum Gasteiger partial charge on any atom is -0.485 e. The van der Waals surface area contributed by atoms with Crippen LogP contribution < -0.4 is 19.7 Å². The Hall–Kier alpha value is -5.03. The molecule has 11 nitrogen and oxygen atoms in total. The van der Waals surface area contributed by atoms with E-state index >= 15 is 0 Å². The molecule has 1 saturated heterocycles. The number of carbonyl (C=O) groups excluding carboxylic acids is 2. The van der Waals surface area contributed by atoms with Crippen LogP contribution in [0.5, 0.6) is 11.5 Å². The van der Waals surface area contributed by atoms with Crippen molar-refractivity contribution in [1.29, 1.82) is 0 Å². The van der Waals surface area contributed by atoms with Crippen molar-refractivity contribution in [3.63, 3.8) is 0 Å². The van der Waals surface area contributed by atoms with Crippen molar-refractivity contribution < 1.29 is 45.8 Å². The summed E-state index contributed by atoms with van der Waals surface area (Å²) in [5.41, 5.74) is 1.60. The van der Waals surface area contributed by atoms with E-state index in [2.05, 4.69) is 25.1 Å². The average molecular weight is 677 g/mol. The Bertz CT molecular complexity index is 1810. The Morgan fingerprint density at radius 1 is 1.09 bits per heavy atom. The number of anilines is 2. The van der Waals surface area contributed by atoms with E-state index < -0.39 is 35.5 Å². The molecule has 3 amide bonds. The summed E-state index contributed by atoms with van der Waals surface area (Å²) in [6, 6.07) is 10.8. The number of halogens is 5. The van der Waals surface area contributed by atoms with E-state index in [0.717, 1.165) is 41.6 Å². The zero-order valence-corrected chi connectivity index (χ0v) is 25.7. The van der Waals surface area contributed by atoms with E-state index in [4.69, 9.17) is 9.47 Å². The van der Waals surface area contributed by atoms with Gasteiger partial charge in [-0.25, -0.2) is 23.2 Å². The number of rotatable bonds is 9. The van der Waals surface area contributed by atoms with Crippen LogP contribution in [0.4, 0.5) is 38.1 Å². The first kappa shape index (κ1) is 33.3. The number of amides is 3. The summed E-state index contributed by atoms with van der Waals surface area (Å²) in [6.45, 7) is 3.33. The number of hydrogen-bond acceptors (Lipinski definition) is 8. The van der Waals surface area contributed by atoms with E-state index in [1.807, 2.05) is 19.1 Å². The lowest BCUT2D eigenvalue weighted by atomic mass is 10.0. The molecule has 17 heteroatoms. The summed E-state index contributed by atoms with van der Waals surface area (Å²) >= 11 is 1.00. The van der Waals surface area contributed by atoms with Crippen LogP contribution >= 0.6 is 11.8 Å². The van der Waals surface area contributed by atoms with Gasteiger partial charge < -0.3 is 19.5 Å². The molecule has 1 unspecified atom stereocenters. The summed E-state index contributed by atoms with van der Waals surface area (Å²) in [4.78, 5) is 34.8. The molecule has 2 heterocycles. The first-order valence-corrected chi connectivity index (χ1v) is 14.7.